The fourth-order valence-electron chi connectivity index (χ4n) is 2.46. The lowest BCUT2D eigenvalue weighted by Gasteiger charge is -2.46. The number of benzene rings is 2. The molecule has 1 heterocycles. The molecular weight excluding hydrogens is 260 g/mol. The summed E-state index contributed by atoms with van der Waals surface area (Å²) in [6.07, 6.45) is 0. The maximum atomic E-state index is 13.9. The molecule has 0 bridgehead atoms. The number of β-lactam (4-membered cyclic amide) rings is 1. The molecule has 2 nitrogen and oxygen atoms in total. The summed E-state index contributed by atoms with van der Waals surface area (Å²) in [5.41, 5.74) is 1.96. The Kier molecular flexibility index (Phi) is 2.82. The summed E-state index contributed by atoms with van der Waals surface area (Å²) in [5, 5.41) is 0. The van der Waals surface area contributed by atoms with Crippen LogP contribution in [0.5, 0.6) is 0 Å². The summed E-state index contributed by atoms with van der Waals surface area (Å²) in [6, 6.07) is 14.2. The number of rotatable bonds is 2. The van der Waals surface area contributed by atoms with Crippen LogP contribution in [0.3, 0.4) is 0 Å². The van der Waals surface area contributed by atoms with Crippen LogP contribution in [0.4, 0.5) is 14.5 Å². The van der Waals surface area contributed by atoms with Crippen LogP contribution < -0.4 is 4.90 Å². The first-order valence-electron chi connectivity index (χ1n) is 6.35. The van der Waals surface area contributed by atoms with Crippen LogP contribution >= 0.6 is 0 Å². The number of anilines is 1. The Bertz CT molecular complexity index is 637. The summed E-state index contributed by atoms with van der Waals surface area (Å²) < 4.78 is 27.8. The fraction of sp³-hybridized carbons (Fsp3) is 0.188. The molecule has 1 aliphatic heterocycles. The van der Waals surface area contributed by atoms with E-state index in [4.69, 9.17) is 0 Å². The molecule has 1 fully saturated rings. The minimum Gasteiger partial charge on any atom is -0.293 e. The van der Waals surface area contributed by atoms with E-state index >= 15 is 0 Å². The summed E-state index contributed by atoms with van der Waals surface area (Å²) in [6.45, 7) is 1.91. The zero-order valence-corrected chi connectivity index (χ0v) is 10.9. The second kappa shape index (κ2) is 4.40. The van der Waals surface area contributed by atoms with Gasteiger partial charge < -0.3 is 0 Å². The van der Waals surface area contributed by atoms with Crippen LogP contribution in [-0.2, 0) is 4.79 Å². The predicted molar refractivity (Wildman–Crippen MR) is 72.8 cm³/mol. The summed E-state index contributed by atoms with van der Waals surface area (Å²) in [7, 11) is 0. The van der Waals surface area contributed by atoms with Crippen LogP contribution in [0.15, 0.2) is 54.6 Å². The van der Waals surface area contributed by atoms with E-state index in [2.05, 4.69) is 0 Å². The van der Waals surface area contributed by atoms with Gasteiger partial charge in [0.2, 0.25) is 0 Å². The third kappa shape index (κ3) is 1.80. The smallest absolute Gasteiger partial charge is 0.293 e. The number of nitrogens with zero attached hydrogens (tertiary/aromatic N) is 1. The third-order valence-electron chi connectivity index (χ3n) is 3.53. The quantitative estimate of drug-likeness (QED) is 0.764. The van der Waals surface area contributed by atoms with E-state index in [9.17, 15) is 13.6 Å². The molecule has 2 aromatic carbocycles. The average molecular weight is 273 g/mol. The van der Waals surface area contributed by atoms with Crippen molar-refractivity contribution in [1.29, 1.82) is 0 Å². The van der Waals surface area contributed by atoms with Gasteiger partial charge in [0.15, 0.2) is 0 Å². The van der Waals surface area contributed by atoms with E-state index in [1.807, 2.05) is 6.92 Å². The lowest BCUT2D eigenvalue weighted by Crippen LogP contribution is -2.64. The molecule has 2 aromatic rings. The van der Waals surface area contributed by atoms with Crippen molar-refractivity contribution >= 4 is 11.6 Å². The number of halogens is 2. The van der Waals surface area contributed by atoms with Gasteiger partial charge in [-0.1, -0.05) is 48.0 Å². The van der Waals surface area contributed by atoms with E-state index in [1.165, 1.54) is 0 Å². The lowest BCUT2D eigenvalue weighted by atomic mass is 9.89. The number of amides is 1. The lowest BCUT2D eigenvalue weighted by molar-refractivity contribution is -0.162. The second-order valence-corrected chi connectivity index (χ2v) is 4.95. The van der Waals surface area contributed by atoms with Crippen molar-refractivity contribution < 1.29 is 13.6 Å². The van der Waals surface area contributed by atoms with Crippen molar-refractivity contribution in [2.45, 2.75) is 18.9 Å². The van der Waals surface area contributed by atoms with Crippen LogP contribution in [0.25, 0.3) is 0 Å². The Hall–Kier alpha value is -2.23. The van der Waals surface area contributed by atoms with Gasteiger partial charge in [-0.2, -0.15) is 8.78 Å². The minimum atomic E-state index is -3.34. The third-order valence-corrected chi connectivity index (χ3v) is 3.53. The zero-order chi connectivity index (χ0) is 14.3. The zero-order valence-electron chi connectivity index (χ0n) is 10.9. The Morgan fingerprint density at radius 3 is 2.20 bits per heavy atom. The molecule has 0 radical (unpaired) electrons. The normalized spacial score (nSPS) is 20.6. The number of hydrogen-bond donors (Lipinski definition) is 0. The van der Waals surface area contributed by atoms with Gasteiger partial charge in [-0.3, -0.25) is 9.69 Å². The highest BCUT2D eigenvalue weighted by atomic mass is 19.3. The van der Waals surface area contributed by atoms with E-state index in [0.717, 1.165) is 10.5 Å². The standard InChI is InChI=1S/C16H13F2NO/c1-11-7-9-13(10-8-11)19-14(16(17,18)15(19)20)12-5-3-2-4-6-12/h2-10,14H,1H3. The van der Waals surface area contributed by atoms with Crippen molar-refractivity contribution in [3.63, 3.8) is 0 Å². The monoisotopic (exact) mass is 273 g/mol. The van der Waals surface area contributed by atoms with Gasteiger partial charge in [-0.05, 0) is 24.6 Å². The highest BCUT2D eigenvalue weighted by Gasteiger charge is 2.64. The topological polar surface area (TPSA) is 20.3 Å². The molecule has 20 heavy (non-hydrogen) atoms. The molecule has 0 aliphatic carbocycles. The van der Waals surface area contributed by atoms with Gasteiger partial charge in [0.05, 0.1) is 0 Å². The van der Waals surface area contributed by atoms with Crippen LogP contribution in [-0.4, -0.2) is 11.8 Å². The van der Waals surface area contributed by atoms with Crippen molar-refractivity contribution in [2.75, 3.05) is 4.90 Å². The molecule has 1 unspecified atom stereocenters. The molecule has 0 N–H and O–H groups in total. The molecule has 1 aliphatic rings. The molecule has 0 spiro atoms. The van der Waals surface area contributed by atoms with Crippen molar-refractivity contribution in [2.24, 2.45) is 0 Å². The Morgan fingerprint density at radius 2 is 1.60 bits per heavy atom. The summed E-state index contributed by atoms with van der Waals surface area (Å²) in [5.74, 6) is -4.48. The first kappa shape index (κ1) is 12.8. The molecule has 1 saturated heterocycles. The molecule has 1 atom stereocenters. The Labute approximate surface area is 115 Å². The van der Waals surface area contributed by atoms with Crippen molar-refractivity contribution in [3.05, 3.63) is 65.7 Å². The minimum absolute atomic E-state index is 0.442. The van der Waals surface area contributed by atoms with Gasteiger partial charge >= 0.3 is 11.8 Å². The van der Waals surface area contributed by atoms with Gasteiger partial charge in [0.1, 0.15) is 6.04 Å². The van der Waals surface area contributed by atoms with Crippen LogP contribution in [0, 0.1) is 6.92 Å². The maximum absolute atomic E-state index is 13.9. The number of hydrogen-bond acceptors (Lipinski definition) is 1. The second-order valence-electron chi connectivity index (χ2n) is 4.95. The van der Waals surface area contributed by atoms with Gasteiger partial charge in [0.25, 0.3) is 0 Å². The first-order valence-corrected chi connectivity index (χ1v) is 6.35. The largest absolute Gasteiger partial charge is 0.349 e. The molecule has 1 amide bonds. The van der Waals surface area contributed by atoms with E-state index in [-0.39, 0.29) is 0 Å². The Balaban J connectivity index is 2.02. The predicted octanol–water partition coefficient (Wildman–Crippen LogP) is 3.72. The Morgan fingerprint density at radius 1 is 1.00 bits per heavy atom. The van der Waals surface area contributed by atoms with E-state index in [1.54, 1.807) is 54.6 Å². The van der Waals surface area contributed by atoms with Gasteiger partial charge in [-0.15, -0.1) is 0 Å². The molecule has 102 valence electrons. The van der Waals surface area contributed by atoms with Crippen LogP contribution in [0.1, 0.15) is 17.2 Å². The van der Waals surface area contributed by atoms with E-state index < -0.39 is 17.9 Å². The SMILES string of the molecule is Cc1ccc(N2C(=O)C(F)(F)C2c2ccccc2)cc1. The number of aryl methyl sites for hydroxylation is 1. The van der Waals surface area contributed by atoms with Crippen molar-refractivity contribution in [3.8, 4) is 0 Å². The van der Waals surface area contributed by atoms with E-state index in [0.29, 0.717) is 11.3 Å². The van der Waals surface area contributed by atoms with Gasteiger partial charge in [0, 0.05) is 5.69 Å². The maximum Gasteiger partial charge on any atom is 0.349 e. The van der Waals surface area contributed by atoms with Crippen LogP contribution in [0.2, 0.25) is 0 Å². The van der Waals surface area contributed by atoms with Gasteiger partial charge in [-0.25, -0.2) is 0 Å². The van der Waals surface area contributed by atoms with Crippen molar-refractivity contribution in [1.82, 2.24) is 0 Å². The summed E-state index contributed by atoms with van der Waals surface area (Å²) in [4.78, 5) is 12.9. The first-order chi connectivity index (χ1) is 9.51. The molecule has 0 saturated carbocycles. The fourth-order valence-corrected chi connectivity index (χ4v) is 2.46. The molecule has 3 rings (SSSR count). The molecule has 4 heteroatoms. The summed E-state index contributed by atoms with van der Waals surface area (Å²) >= 11 is 0. The number of alkyl halides is 2. The molecule has 0 aromatic heterocycles. The average Bonchev–Trinajstić information content (AvgIpc) is 2.46. The highest BCUT2D eigenvalue weighted by molar-refractivity contribution is 6.07. The number of carbonyl (C=O) groups is 1. The highest BCUT2D eigenvalue weighted by Crippen LogP contribution is 2.49. The molecular formula is C16H13F2NO. The number of carbonyl (C=O) groups excluding carboxylic acids is 1.